The quantitative estimate of drug-likeness (QED) is 0.169. The number of thioether (sulfide) groups is 1. The van der Waals surface area contributed by atoms with Crippen molar-refractivity contribution in [1.82, 2.24) is 25.8 Å². The molecule has 0 bridgehead atoms. The van der Waals surface area contributed by atoms with Gasteiger partial charge in [-0.15, -0.1) is 0 Å². The first-order valence-electron chi connectivity index (χ1n) is 15.5. The number of carbonyl (C=O) groups excluding carboxylic acids is 6. The van der Waals surface area contributed by atoms with Gasteiger partial charge in [-0.3, -0.25) is 28.8 Å². The predicted molar refractivity (Wildman–Crippen MR) is 171 cm³/mol. The number of carbonyl (C=O) groups is 6. The van der Waals surface area contributed by atoms with E-state index in [0.717, 1.165) is 5.56 Å². The maximum Gasteiger partial charge on any atom is 0.246 e. The van der Waals surface area contributed by atoms with Crippen molar-refractivity contribution in [3.63, 3.8) is 0 Å². The zero-order chi connectivity index (χ0) is 33.1. The van der Waals surface area contributed by atoms with Crippen molar-refractivity contribution >= 4 is 47.2 Å². The molecule has 0 aliphatic carbocycles. The number of primary amides is 1. The molecule has 0 unspecified atom stereocenters. The molecule has 2 aliphatic rings. The summed E-state index contributed by atoms with van der Waals surface area (Å²) >= 11 is 1.50. The second-order valence-corrected chi connectivity index (χ2v) is 12.9. The van der Waals surface area contributed by atoms with Crippen molar-refractivity contribution < 1.29 is 28.8 Å². The molecule has 13 nitrogen and oxygen atoms in total. The van der Waals surface area contributed by atoms with Crippen LogP contribution in [0.2, 0.25) is 0 Å². The highest BCUT2D eigenvalue weighted by atomic mass is 32.2. The lowest BCUT2D eigenvalue weighted by atomic mass is 10.0. The topological polar surface area (TPSA) is 197 Å². The average Bonchev–Trinajstić information content (AvgIpc) is 3.71. The van der Waals surface area contributed by atoms with E-state index in [9.17, 15) is 28.8 Å². The Morgan fingerprint density at radius 3 is 2.11 bits per heavy atom. The summed E-state index contributed by atoms with van der Waals surface area (Å²) < 4.78 is 0. The smallest absolute Gasteiger partial charge is 0.246 e. The van der Waals surface area contributed by atoms with Crippen molar-refractivity contribution in [3.8, 4) is 0 Å². The molecule has 2 heterocycles. The third-order valence-electron chi connectivity index (χ3n) is 8.30. The Morgan fingerprint density at radius 1 is 0.889 bits per heavy atom. The fourth-order valence-electron chi connectivity index (χ4n) is 5.86. The van der Waals surface area contributed by atoms with E-state index in [1.807, 2.05) is 36.6 Å². The van der Waals surface area contributed by atoms with Gasteiger partial charge in [-0.2, -0.15) is 11.8 Å². The van der Waals surface area contributed by atoms with Gasteiger partial charge in [0.05, 0.1) is 6.54 Å². The van der Waals surface area contributed by atoms with Crippen LogP contribution in [0.15, 0.2) is 30.3 Å². The van der Waals surface area contributed by atoms with Crippen molar-refractivity contribution in [2.24, 2.45) is 17.4 Å². The molecule has 0 radical (unpaired) electrons. The molecular weight excluding hydrogens is 598 g/mol. The molecule has 6 amide bonds. The van der Waals surface area contributed by atoms with Crippen LogP contribution in [0.4, 0.5) is 0 Å². The monoisotopic (exact) mass is 645 g/mol. The minimum Gasteiger partial charge on any atom is -0.368 e. The molecule has 45 heavy (non-hydrogen) atoms. The molecule has 5 atom stereocenters. The Labute approximate surface area is 268 Å². The van der Waals surface area contributed by atoms with Crippen molar-refractivity contribution in [2.75, 3.05) is 31.6 Å². The molecule has 1 aromatic rings. The lowest BCUT2D eigenvalue weighted by Gasteiger charge is -2.31. The number of likely N-dealkylation sites (tertiary alicyclic amines) is 2. The first-order valence-corrected chi connectivity index (χ1v) is 16.9. The van der Waals surface area contributed by atoms with E-state index in [-0.39, 0.29) is 37.1 Å². The highest BCUT2D eigenvalue weighted by molar-refractivity contribution is 7.98. The third-order valence-corrected chi connectivity index (χ3v) is 8.95. The fraction of sp³-hybridized carbons (Fsp3) is 0.613. The Balaban J connectivity index is 1.76. The van der Waals surface area contributed by atoms with Crippen molar-refractivity contribution in [3.05, 3.63) is 35.9 Å². The fourth-order valence-corrected chi connectivity index (χ4v) is 6.33. The summed E-state index contributed by atoms with van der Waals surface area (Å²) in [6.45, 7) is 4.14. The molecular formula is C31H47N7O6S. The number of amides is 6. The molecule has 2 aliphatic heterocycles. The Bertz CT molecular complexity index is 1220. The van der Waals surface area contributed by atoms with Crippen molar-refractivity contribution in [1.29, 1.82) is 0 Å². The molecule has 0 spiro atoms. The molecule has 2 saturated heterocycles. The first kappa shape index (κ1) is 35.8. The minimum absolute atomic E-state index is 0.148. The molecule has 248 valence electrons. The number of hydrogen-bond acceptors (Lipinski definition) is 8. The van der Waals surface area contributed by atoms with Gasteiger partial charge in [0.1, 0.15) is 30.2 Å². The van der Waals surface area contributed by atoms with Crippen LogP contribution in [-0.2, 0) is 35.2 Å². The molecule has 0 saturated carbocycles. The highest BCUT2D eigenvalue weighted by Crippen LogP contribution is 2.25. The first-order chi connectivity index (χ1) is 21.5. The third kappa shape index (κ3) is 9.67. The van der Waals surface area contributed by atoms with Gasteiger partial charge in [0, 0.05) is 19.5 Å². The largest absolute Gasteiger partial charge is 0.368 e. The zero-order valence-corrected chi connectivity index (χ0v) is 27.1. The Morgan fingerprint density at radius 2 is 1.51 bits per heavy atom. The lowest BCUT2D eigenvalue weighted by Crippen LogP contribution is -2.59. The van der Waals surface area contributed by atoms with Crippen LogP contribution in [0, 0.1) is 5.92 Å². The minimum atomic E-state index is -1.05. The van der Waals surface area contributed by atoms with Gasteiger partial charge in [0.2, 0.25) is 35.4 Å². The average molecular weight is 646 g/mol. The van der Waals surface area contributed by atoms with Gasteiger partial charge < -0.3 is 37.2 Å². The summed E-state index contributed by atoms with van der Waals surface area (Å²) in [6.07, 6.45) is 4.54. The number of hydrogen-bond donors (Lipinski definition) is 5. The van der Waals surface area contributed by atoms with Gasteiger partial charge in [-0.05, 0) is 55.6 Å². The molecule has 14 heteroatoms. The van der Waals surface area contributed by atoms with Crippen LogP contribution >= 0.6 is 11.8 Å². The van der Waals surface area contributed by atoms with Crippen LogP contribution < -0.4 is 27.4 Å². The number of benzene rings is 1. The number of nitrogens with zero attached hydrogens (tertiary/aromatic N) is 2. The number of rotatable bonds is 15. The molecule has 1 aromatic carbocycles. The second-order valence-electron chi connectivity index (χ2n) is 11.9. The van der Waals surface area contributed by atoms with Crippen LogP contribution in [0.3, 0.4) is 0 Å². The highest BCUT2D eigenvalue weighted by Gasteiger charge is 2.42. The van der Waals surface area contributed by atoms with Crippen molar-refractivity contribution in [2.45, 2.75) is 82.6 Å². The van der Waals surface area contributed by atoms with Crippen LogP contribution in [-0.4, -0.2) is 107 Å². The van der Waals surface area contributed by atoms with Gasteiger partial charge in [0.25, 0.3) is 0 Å². The maximum absolute atomic E-state index is 13.7. The molecule has 0 aromatic heterocycles. The van der Waals surface area contributed by atoms with Crippen LogP contribution in [0.5, 0.6) is 0 Å². The standard InChI is InChI=1S/C31H47N7O6S/c1-19(2)26(27(33)40)36-29(42)22(17-20-9-5-4-6-10-20)35-28(41)21(13-16-45-3)34-30(43)23-11-7-15-38(23)31(44)24-12-8-14-37(24)25(39)18-32/h4-6,9-10,19,21-24,26H,7-8,11-18,32H2,1-3H3,(H2,33,40)(H,34,43)(H,35,41)(H,36,42)/t21-,22-,23-,24-,26-/m0/s1. The summed E-state index contributed by atoms with van der Waals surface area (Å²) in [4.78, 5) is 81.5. The molecule has 7 N–H and O–H groups in total. The normalized spacial score (nSPS) is 19.9. The van der Waals surface area contributed by atoms with E-state index < -0.39 is 53.8 Å². The molecule has 2 fully saturated rings. The summed E-state index contributed by atoms with van der Waals surface area (Å²) in [5.41, 5.74) is 11.9. The zero-order valence-electron chi connectivity index (χ0n) is 26.3. The Hall–Kier alpha value is -3.65. The van der Waals surface area contributed by atoms with E-state index in [1.54, 1.807) is 13.8 Å². The van der Waals surface area contributed by atoms with Gasteiger partial charge in [0.15, 0.2) is 0 Å². The van der Waals surface area contributed by atoms with Gasteiger partial charge in [-0.1, -0.05) is 44.2 Å². The van der Waals surface area contributed by atoms with E-state index in [1.165, 1.54) is 21.6 Å². The summed E-state index contributed by atoms with van der Waals surface area (Å²) in [6, 6.07) is 4.72. The predicted octanol–water partition coefficient (Wildman–Crippen LogP) is -0.481. The van der Waals surface area contributed by atoms with E-state index in [2.05, 4.69) is 16.0 Å². The lowest BCUT2D eigenvalue weighted by molar-refractivity contribution is -0.146. The number of nitrogens with two attached hydrogens (primary N) is 2. The van der Waals surface area contributed by atoms with Gasteiger partial charge in [-0.25, -0.2) is 0 Å². The maximum atomic E-state index is 13.7. The number of nitrogens with one attached hydrogen (secondary N) is 3. The SMILES string of the molecule is CSCC[C@H](NC(=O)[C@@H]1CCCN1C(=O)[C@@H]1CCCN1C(=O)CN)C(=O)N[C@@H](Cc1ccccc1)C(=O)N[C@H](C(N)=O)C(C)C. The van der Waals surface area contributed by atoms with Gasteiger partial charge >= 0.3 is 0 Å². The second kappa shape index (κ2) is 17.2. The molecule has 3 rings (SSSR count). The Kier molecular flexibility index (Phi) is 13.7. The summed E-state index contributed by atoms with van der Waals surface area (Å²) in [5, 5.41) is 8.30. The van der Waals surface area contributed by atoms with E-state index in [0.29, 0.717) is 44.5 Å². The van der Waals surface area contributed by atoms with E-state index >= 15 is 0 Å². The van der Waals surface area contributed by atoms with E-state index in [4.69, 9.17) is 11.5 Å². The van der Waals surface area contributed by atoms with Crippen LogP contribution in [0.1, 0.15) is 51.5 Å². The summed E-state index contributed by atoms with van der Waals surface area (Å²) in [7, 11) is 0. The summed E-state index contributed by atoms with van der Waals surface area (Å²) in [5.74, 6) is -2.58. The van der Waals surface area contributed by atoms with Crippen LogP contribution in [0.25, 0.3) is 0 Å².